The van der Waals surface area contributed by atoms with Gasteiger partial charge in [-0.1, -0.05) is 0 Å². The predicted molar refractivity (Wildman–Crippen MR) is 84.8 cm³/mol. The topological polar surface area (TPSA) is 76.1 Å². The van der Waals surface area contributed by atoms with Gasteiger partial charge in [-0.15, -0.1) is 0 Å². The van der Waals surface area contributed by atoms with Gasteiger partial charge in [-0.2, -0.15) is 13.2 Å². The summed E-state index contributed by atoms with van der Waals surface area (Å²) in [6.07, 6.45) is -6.81. The van der Waals surface area contributed by atoms with Crippen molar-refractivity contribution in [2.24, 2.45) is 0 Å². The minimum absolute atomic E-state index is 0.218. The molecule has 2 atom stereocenters. The van der Waals surface area contributed by atoms with Crippen molar-refractivity contribution in [1.29, 1.82) is 0 Å². The van der Waals surface area contributed by atoms with E-state index < -0.39 is 53.1 Å². The second-order valence-electron chi connectivity index (χ2n) is 7.11. The number of rotatable bonds is 3. The van der Waals surface area contributed by atoms with Gasteiger partial charge in [0, 0.05) is 6.42 Å². The van der Waals surface area contributed by atoms with Crippen LogP contribution in [0, 0.1) is 5.82 Å². The Morgan fingerprint density at radius 2 is 1.85 bits per heavy atom. The molecule has 1 aliphatic heterocycles. The number of halogens is 4. The summed E-state index contributed by atoms with van der Waals surface area (Å²) >= 11 is 0. The molecule has 2 rings (SSSR count). The van der Waals surface area contributed by atoms with Gasteiger partial charge in [0.2, 0.25) is 0 Å². The Morgan fingerprint density at radius 3 is 2.37 bits per heavy atom. The van der Waals surface area contributed by atoms with Gasteiger partial charge in [0.15, 0.2) is 11.6 Å². The molecule has 6 nitrogen and oxygen atoms in total. The minimum atomic E-state index is -4.69. The summed E-state index contributed by atoms with van der Waals surface area (Å²) in [7, 11) is 0. The molecule has 1 heterocycles. The molecule has 0 bridgehead atoms. The van der Waals surface area contributed by atoms with E-state index in [1.54, 1.807) is 20.8 Å². The van der Waals surface area contributed by atoms with Crippen LogP contribution in [0.5, 0.6) is 5.75 Å². The lowest BCUT2D eigenvalue weighted by molar-refractivity contribution is -0.142. The van der Waals surface area contributed by atoms with Crippen LogP contribution in [0.2, 0.25) is 0 Å². The van der Waals surface area contributed by atoms with Gasteiger partial charge in [0.1, 0.15) is 17.7 Å². The number of likely N-dealkylation sites (tertiary alicyclic amines) is 1. The van der Waals surface area contributed by atoms with Crippen molar-refractivity contribution in [2.45, 2.75) is 51.1 Å². The molecule has 1 aromatic carbocycles. The zero-order valence-corrected chi connectivity index (χ0v) is 14.8. The summed E-state index contributed by atoms with van der Waals surface area (Å²) in [5.41, 5.74) is -1.97. The Morgan fingerprint density at radius 1 is 1.22 bits per heavy atom. The molecule has 0 aliphatic carbocycles. The van der Waals surface area contributed by atoms with Crippen molar-refractivity contribution >= 4 is 12.1 Å². The molecular weight excluding hydrogens is 374 g/mol. The third kappa shape index (κ3) is 5.24. The van der Waals surface area contributed by atoms with Crippen LogP contribution < -0.4 is 4.74 Å². The van der Waals surface area contributed by atoms with Gasteiger partial charge in [-0.3, -0.25) is 4.90 Å². The lowest BCUT2D eigenvalue weighted by Gasteiger charge is -2.26. The van der Waals surface area contributed by atoms with Crippen LogP contribution in [0.3, 0.4) is 0 Å². The average molecular weight is 393 g/mol. The molecule has 1 fully saturated rings. The summed E-state index contributed by atoms with van der Waals surface area (Å²) in [6, 6.07) is 0.400. The molecule has 1 aliphatic rings. The zero-order chi connectivity index (χ0) is 20.6. The number of carboxylic acid groups (broad SMARTS) is 1. The van der Waals surface area contributed by atoms with Crippen LogP contribution >= 0.6 is 0 Å². The molecule has 0 saturated carbocycles. The number of aliphatic carboxylic acids is 1. The van der Waals surface area contributed by atoms with Crippen molar-refractivity contribution in [1.82, 2.24) is 4.90 Å². The first kappa shape index (κ1) is 20.8. The first-order valence-corrected chi connectivity index (χ1v) is 8.04. The van der Waals surface area contributed by atoms with Gasteiger partial charge in [0.25, 0.3) is 0 Å². The third-order valence-corrected chi connectivity index (χ3v) is 3.73. The van der Waals surface area contributed by atoms with Gasteiger partial charge in [0.05, 0.1) is 12.1 Å². The number of ether oxygens (including phenoxy) is 2. The highest BCUT2D eigenvalue weighted by Gasteiger charge is 2.43. The Bertz CT molecular complexity index is 729. The highest BCUT2D eigenvalue weighted by molar-refractivity contribution is 5.81. The van der Waals surface area contributed by atoms with Crippen LogP contribution in [0.25, 0.3) is 0 Å². The molecule has 10 heteroatoms. The number of benzene rings is 1. The zero-order valence-electron chi connectivity index (χ0n) is 14.8. The van der Waals surface area contributed by atoms with Crippen molar-refractivity contribution in [3.05, 3.63) is 29.6 Å². The van der Waals surface area contributed by atoms with Crippen molar-refractivity contribution in [2.75, 3.05) is 6.54 Å². The number of carbonyl (C=O) groups excluding carboxylic acids is 1. The number of nitrogens with zero attached hydrogens (tertiary/aromatic N) is 1. The number of hydrogen-bond donors (Lipinski definition) is 1. The van der Waals surface area contributed by atoms with Gasteiger partial charge in [-0.05, 0) is 39.0 Å². The molecule has 150 valence electrons. The fraction of sp³-hybridized carbons (Fsp3) is 0.529. The highest BCUT2D eigenvalue weighted by atomic mass is 19.4. The SMILES string of the molecule is CC(C)(C)OC(=O)N1C[C@@H](Oc2cc(C(F)(F)F)ccc2F)C[C@H]1C(=O)O. The lowest BCUT2D eigenvalue weighted by atomic mass is 10.2. The maximum Gasteiger partial charge on any atom is 0.416 e. The molecule has 0 unspecified atom stereocenters. The van der Waals surface area contributed by atoms with Crippen LogP contribution in [-0.2, 0) is 15.7 Å². The van der Waals surface area contributed by atoms with Gasteiger partial charge < -0.3 is 14.6 Å². The molecule has 0 radical (unpaired) electrons. The van der Waals surface area contributed by atoms with Crippen molar-refractivity contribution < 1.29 is 41.7 Å². The van der Waals surface area contributed by atoms with E-state index in [4.69, 9.17) is 9.47 Å². The van der Waals surface area contributed by atoms with E-state index in [1.165, 1.54) is 0 Å². The summed E-state index contributed by atoms with van der Waals surface area (Å²) < 4.78 is 62.6. The quantitative estimate of drug-likeness (QED) is 0.793. The molecule has 1 aromatic rings. The van der Waals surface area contributed by atoms with Crippen LogP contribution in [0.15, 0.2) is 18.2 Å². The first-order valence-electron chi connectivity index (χ1n) is 8.04. The van der Waals surface area contributed by atoms with E-state index in [2.05, 4.69) is 0 Å². The van der Waals surface area contributed by atoms with Crippen LogP contribution in [-0.4, -0.2) is 46.4 Å². The molecule has 27 heavy (non-hydrogen) atoms. The molecular formula is C17H19F4NO5. The first-order chi connectivity index (χ1) is 12.3. The number of amides is 1. The summed E-state index contributed by atoms with van der Waals surface area (Å²) in [5, 5.41) is 9.29. The summed E-state index contributed by atoms with van der Waals surface area (Å²) in [6.45, 7) is 4.54. The lowest BCUT2D eigenvalue weighted by Crippen LogP contribution is -2.43. The highest BCUT2D eigenvalue weighted by Crippen LogP contribution is 2.34. The third-order valence-electron chi connectivity index (χ3n) is 3.73. The Hall–Kier alpha value is -2.52. The molecule has 0 spiro atoms. The molecule has 1 amide bonds. The fourth-order valence-corrected chi connectivity index (χ4v) is 2.59. The second-order valence-corrected chi connectivity index (χ2v) is 7.11. The van der Waals surface area contributed by atoms with Crippen molar-refractivity contribution in [3.63, 3.8) is 0 Å². The standard InChI is InChI=1S/C17H19F4NO5/c1-16(2,3)27-15(25)22-8-10(7-12(22)14(23)24)26-13-6-9(17(19,20)21)4-5-11(13)18/h4-6,10,12H,7-8H2,1-3H3,(H,23,24)/t10-,12-/m0/s1. The maximum atomic E-state index is 13.8. The van der Waals surface area contributed by atoms with E-state index in [-0.39, 0.29) is 13.0 Å². The van der Waals surface area contributed by atoms with Gasteiger partial charge in [-0.25, -0.2) is 14.0 Å². The predicted octanol–water partition coefficient (Wildman–Crippen LogP) is 3.69. The monoisotopic (exact) mass is 393 g/mol. The average Bonchev–Trinajstić information content (AvgIpc) is 2.91. The van der Waals surface area contributed by atoms with E-state index in [0.717, 1.165) is 4.90 Å². The molecule has 1 saturated heterocycles. The van der Waals surface area contributed by atoms with Crippen LogP contribution in [0.1, 0.15) is 32.8 Å². The number of carboxylic acids is 1. The van der Waals surface area contributed by atoms with Crippen LogP contribution in [0.4, 0.5) is 22.4 Å². The summed E-state index contributed by atoms with van der Waals surface area (Å²) in [5.74, 6) is -3.01. The Balaban J connectivity index is 2.19. The number of alkyl halides is 3. The Labute approximate surface area is 152 Å². The van der Waals surface area contributed by atoms with E-state index in [9.17, 15) is 32.3 Å². The fourth-order valence-electron chi connectivity index (χ4n) is 2.59. The van der Waals surface area contributed by atoms with E-state index in [0.29, 0.717) is 18.2 Å². The second kappa shape index (κ2) is 7.24. The largest absolute Gasteiger partial charge is 0.485 e. The van der Waals surface area contributed by atoms with E-state index in [1.807, 2.05) is 0 Å². The van der Waals surface area contributed by atoms with Crippen molar-refractivity contribution in [3.8, 4) is 5.75 Å². The normalized spacial score (nSPS) is 20.5. The number of hydrogen-bond acceptors (Lipinski definition) is 4. The number of carbonyl (C=O) groups is 2. The smallest absolute Gasteiger partial charge is 0.416 e. The van der Waals surface area contributed by atoms with E-state index >= 15 is 0 Å². The maximum absolute atomic E-state index is 13.8. The molecule has 1 N–H and O–H groups in total. The minimum Gasteiger partial charge on any atom is -0.485 e. The molecule has 0 aromatic heterocycles. The Kier molecular flexibility index (Phi) is 5.58. The summed E-state index contributed by atoms with van der Waals surface area (Å²) in [4.78, 5) is 24.5. The van der Waals surface area contributed by atoms with Gasteiger partial charge >= 0.3 is 18.2 Å².